The number of benzene rings is 1. The number of carbonyl (C=O) groups is 2. The van der Waals surface area contributed by atoms with Gasteiger partial charge in [-0.3, -0.25) is 9.59 Å². The van der Waals surface area contributed by atoms with Crippen molar-refractivity contribution in [2.45, 2.75) is 51.5 Å². The molecule has 2 fully saturated rings. The molecule has 1 aliphatic carbocycles. The van der Waals surface area contributed by atoms with Gasteiger partial charge in [0, 0.05) is 25.6 Å². The Kier molecular flexibility index (Phi) is 5.25. The van der Waals surface area contributed by atoms with Crippen molar-refractivity contribution in [3.63, 3.8) is 0 Å². The molecule has 154 valence electrons. The van der Waals surface area contributed by atoms with Crippen LogP contribution in [0.3, 0.4) is 0 Å². The van der Waals surface area contributed by atoms with E-state index in [-0.39, 0.29) is 18.2 Å². The molecule has 2 aromatic rings. The minimum atomic E-state index is -0.593. The molecule has 2 heterocycles. The minimum Gasteiger partial charge on any atom is -0.494 e. The number of rotatable bonds is 6. The average Bonchev–Trinajstić information content (AvgIpc) is 3.43. The second kappa shape index (κ2) is 7.85. The van der Waals surface area contributed by atoms with Crippen molar-refractivity contribution in [1.82, 2.24) is 15.5 Å². The van der Waals surface area contributed by atoms with E-state index >= 15 is 0 Å². The summed E-state index contributed by atoms with van der Waals surface area (Å²) in [6.45, 7) is 4.62. The highest BCUT2D eigenvalue weighted by Gasteiger charge is 2.44. The van der Waals surface area contributed by atoms with Gasteiger partial charge in [-0.05, 0) is 44.0 Å². The summed E-state index contributed by atoms with van der Waals surface area (Å²) >= 11 is 0. The first-order valence-corrected chi connectivity index (χ1v) is 10.2. The number of hydrogen-bond acceptors (Lipinski definition) is 6. The summed E-state index contributed by atoms with van der Waals surface area (Å²) in [7, 11) is 0. The lowest BCUT2D eigenvalue weighted by Crippen LogP contribution is -2.47. The maximum absolute atomic E-state index is 13.1. The molecule has 1 aromatic carbocycles. The average molecular weight is 398 g/mol. The number of aromatic nitrogens is 2. The van der Waals surface area contributed by atoms with Gasteiger partial charge in [-0.15, -0.1) is 0 Å². The summed E-state index contributed by atoms with van der Waals surface area (Å²) in [5.41, 5.74) is 0.183. The predicted molar refractivity (Wildman–Crippen MR) is 105 cm³/mol. The van der Waals surface area contributed by atoms with Crippen LogP contribution >= 0.6 is 0 Å². The number of carbonyl (C=O) groups excluding carboxylic acids is 2. The highest BCUT2D eigenvalue weighted by atomic mass is 16.5. The van der Waals surface area contributed by atoms with Crippen molar-refractivity contribution in [2.75, 3.05) is 18.1 Å². The van der Waals surface area contributed by atoms with E-state index in [1.54, 1.807) is 11.8 Å². The van der Waals surface area contributed by atoms with Crippen molar-refractivity contribution in [2.24, 2.45) is 5.92 Å². The lowest BCUT2D eigenvalue weighted by molar-refractivity contribution is -0.128. The SMILES string of the molecule is CCOc1ccc(N2C[C@H](C(=O)NC3(c4noc(C)n4)CCCC3)CC2=O)cc1. The summed E-state index contributed by atoms with van der Waals surface area (Å²) in [4.78, 5) is 31.6. The zero-order chi connectivity index (χ0) is 20.4. The zero-order valence-electron chi connectivity index (χ0n) is 16.8. The molecule has 29 heavy (non-hydrogen) atoms. The van der Waals surface area contributed by atoms with Crippen LogP contribution in [0.15, 0.2) is 28.8 Å². The number of amides is 2. The van der Waals surface area contributed by atoms with E-state index < -0.39 is 11.5 Å². The largest absolute Gasteiger partial charge is 0.494 e. The Morgan fingerprint density at radius 1 is 1.31 bits per heavy atom. The third kappa shape index (κ3) is 3.83. The van der Waals surface area contributed by atoms with Gasteiger partial charge in [0.15, 0.2) is 5.82 Å². The van der Waals surface area contributed by atoms with Crippen molar-refractivity contribution in [1.29, 1.82) is 0 Å². The fourth-order valence-electron chi connectivity index (χ4n) is 4.24. The number of nitrogens with one attached hydrogen (secondary N) is 1. The van der Waals surface area contributed by atoms with E-state index in [4.69, 9.17) is 9.26 Å². The van der Waals surface area contributed by atoms with Crippen LogP contribution in [-0.2, 0) is 15.1 Å². The summed E-state index contributed by atoms with van der Waals surface area (Å²) in [6.07, 6.45) is 3.74. The Balaban J connectivity index is 1.46. The van der Waals surface area contributed by atoms with Gasteiger partial charge in [-0.25, -0.2) is 0 Å². The first kappa shape index (κ1) is 19.4. The summed E-state index contributed by atoms with van der Waals surface area (Å²) in [5, 5.41) is 7.22. The van der Waals surface area contributed by atoms with Gasteiger partial charge < -0.3 is 19.5 Å². The third-order valence-corrected chi connectivity index (χ3v) is 5.73. The molecule has 0 radical (unpaired) electrons. The molecule has 0 bridgehead atoms. The number of anilines is 1. The Labute approximate surface area is 169 Å². The van der Waals surface area contributed by atoms with Crippen molar-refractivity contribution in [3.05, 3.63) is 36.0 Å². The number of nitrogens with zero attached hydrogens (tertiary/aromatic N) is 3. The van der Waals surface area contributed by atoms with Crippen molar-refractivity contribution < 1.29 is 18.8 Å². The van der Waals surface area contributed by atoms with Crippen LogP contribution in [0, 0.1) is 12.8 Å². The second-order valence-electron chi connectivity index (χ2n) is 7.75. The topological polar surface area (TPSA) is 97.6 Å². The molecule has 1 aliphatic heterocycles. The second-order valence-corrected chi connectivity index (χ2v) is 7.75. The van der Waals surface area contributed by atoms with E-state index in [1.165, 1.54) is 0 Å². The number of hydrogen-bond donors (Lipinski definition) is 1. The van der Waals surface area contributed by atoms with E-state index in [0.29, 0.717) is 24.9 Å². The van der Waals surface area contributed by atoms with E-state index in [0.717, 1.165) is 37.1 Å². The molecule has 1 saturated heterocycles. The first-order chi connectivity index (χ1) is 14.0. The van der Waals surface area contributed by atoms with E-state index in [1.807, 2.05) is 31.2 Å². The van der Waals surface area contributed by atoms with Gasteiger partial charge in [0.1, 0.15) is 11.3 Å². The standard InChI is InChI=1S/C21H26N4O4/c1-3-28-17-8-6-16(7-9-17)25-13-15(12-18(25)26)19(27)23-21(10-4-5-11-21)20-22-14(2)29-24-20/h6-9,15H,3-5,10-13H2,1-2H3,(H,23,27)/t15-/m1/s1. The van der Waals surface area contributed by atoms with Crippen molar-refractivity contribution in [3.8, 4) is 5.75 Å². The molecule has 1 aromatic heterocycles. The molecule has 1 saturated carbocycles. The summed E-state index contributed by atoms with van der Waals surface area (Å²) in [6, 6.07) is 7.38. The highest BCUT2D eigenvalue weighted by Crippen LogP contribution is 2.38. The van der Waals surface area contributed by atoms with Crippen LogP contribution in [-0.4, -0.2) is 35.1 Å². The fraction of sp³-hybridized carbons (Fsp3) is 0.524. The van der Waals surface area contributed by atoms with Gasteiger partial charge in [0.25, 0.3) is 0 Å². The van der Waals surface area contributed by atoms with Crippen LogP contribution in [0.5, 0.6) is 5.75 Å². The summed E-state index contributed by atoms with van der Waals surface area (Å²) in [5.74, 6) is 1.20. The van der Waals surface area contributed by atoms with Gasteiger partial charge in [-0.1, -0.05) is 18.0 Å². The zero-order valence-corrected chi connectivity index (χ0v) is 16.8. The molecule has 4 rings (SSSR count). The molecule has 2 aliphatic rings. The van der Waals surface area contributed by atoms with Crippen LogP contribution < -0.4 is 15.0 Å². The molecule has 0 spiro atoms. The lowest BCUT2D eigenvalue weighted by Gasteiger charge is -2.28. The quantitative estimate of drug-likeness (QED) is 0.803. The van der Waals surface area contributed by atoms with Crippen LogP contribution in [0.1, 0.15) is 50.7 Å². The van der Waals surface area contributed by atoms with E-state index in [2.05, 4.69) is 15.5 Å². The van der Waals surface area contributed by atoms with Gasteiger partial charge in [0.2, 0.25) is 17.7 Å². The first-order valence-electron chi connectivity index (χ1n) is 10.2. The van der Waals surface area contributed by atoms with Crippen LogP contribution in [0.25, 0.3) is 0 Å². The molecule has 0 unspecified atom stereocenters. The van der Waals surface area contributed by atoms with Crippen LogP contribution in [0.4, 0.5) is 5.69 Å². The number of aryl methyl sites for hydroxylation is 1. The smallest absolute Gasteiger partial charge is 0.227 e. The fourth-order valence-corrected chi connectivity index (χ4v) is 4.24. The van der Waals surface area contributed by atoms with Crippen molar-refractivity contribution >= 4 is 17.5 Å². The molecule has 8 heteroatoms. The van der Waals surface area contributed by atoms with Gasteiger partial charge >= 0.3 is 0 Å². The normalized spacial score (nSPS) is 20.8. The Hall–Kier alpha value is -2.90. The molecule has 1 N–H and O–H groups in total. The third-order valence-electron chi connectivity index (χ3n) is 5.73. The monoisotopic (exact) mass is 398 g/mol. The van der Waals surface area contributed by atoms with Crippen LogP contribution in [0.2, 0.25) is 0 Å². The predicted octanol–water partition coefficient (Wildman–Crippen LogP) is 2.72. The maximum atomic E-state index is 13.1. The van der Waals surface area contributed by atoms with Gasteiger partial charge in [0.05, 0.1) is 12.5 Å². The molecule has 2 amide bonds. The highest BCUT2D eigenvalue weighted by molar-refractivity contribution is 6.00. The molecule has 8 nitrogen and oxygen atoms in total. The van der Waals surface area contributed by atoms with Gasteiger partial charge in [-0.2, -0.15) is 4.98 Å². The minimum absolute atomic E-state index is 0.0508. The summed E-state index contributed by atoms with van der Waals surface area (Å²) < 4.78 is 10.6. The Morgan fingerprint density at radius 3 is 2.66 bits per heavy atom. The maximum Gasteiger partial charge on any atom is 0.227 e. The molecule has 1 atom stereocenters. The lowest BCUT2D eigenvalue weighted by atomic mass is 9.94. The Morgan fingerprint density at radius 2 is 2.03 bits per heavy atom. The molecular formula is C21H26N4O4. The Bertz CT molecular complexity index is 886. The number of ether oxygens (including phenoxy) is 1. The molecular weight excluding hydrogens is 372 g/mol. The van der Waals surface area contributed by atoms with E-state index in [9.17, 15) is 9.59 Å².